The first kappa shape index (κ1) is 24.4. The summed E-state index contributed by atoms with van der Waals surface area (Å²) in [5.74, 6) is 0.0403. The molecule has 0 spiro atoms. The van der Waals surface area contributed by atoms with Crippen LogP contribution in [0.4, 0.5) is 11.4 Å². The van der Waals surface area contributed by atoms with Gasteiger partial charge in [0.2, 0.25) is 11.8 Å². The minimum atomic E-state index is -0.0209. The number of benzene rings is 2. The molecule has 2 aromatic carbocycles. The van der Waals surface area contributed by atoms with Crippen molar-refractivity contribution < 1.29 is 9.59 Å². The summed E-state index contributed by atoms with van der Waals surface area (Å²) >= 11 is 0. The largest absolute Gasteiger partial charge is 0.326 e. The number of likely N-dealkylation sites (N-methyl/N-ethyl adjacent to an activating group) is 1. The van der Waals surface area contributed by atoms with Gasteiger partial charge in [0.1, 0.15) is 0 Å². The number of hydrogen-bond donors (Lipinski definition) is 2. The quantitative estimate of drug-likeness (QED) is 0.733. The summed E-state index contributed by atoms with van der Waals surface area (Å²) in [4.78, 5) is 24.8. The van der Waals surface area contributed by atoms with Gasteiger partial charge in [-0.25, -0.2) is 0 Å². The van der Waals surface area contributed by atoms with Crippen LogP contribution in [0, 0.1) is 27.7 Å². The van der Waals surface area contributed by atoms with E-state index in [-0.39, 0.29) is 11.8 Å². The number of nitrogens with zero attached hydrogens (tertiary/aromatic N) is 1. The fraction of sp³-hybridized carbons (Fsp3) is 0.417. The zero-order valence-electron chi connectivity index (χ0n) is 18.8. The molecule has 0 aliphatic heterocycles. The monoisotopic (exact) mass is 397 g/mol. The van der Waals surface area contributed by atoms with Crippen molar-refractivity contribution in [2.45, 2.75) is 48.5 Å². The van der Waals surface area contributed by atoms with Crippen LogP contribution in [0.3, 0.4) is 0 Å². The highest BCUT2D eigenvalue weighted by Crippen LogP contribution is 2.19. The van der Waals surface area contributed by atoms with Gasteiger partial charge in [0.05, 0.1) is 6.54 Å². The fourth-order valence-electron chi connectivity index (χ4n) is 3.03. The molecule has 0 atom stereocenters. The molecular formula is C24H35N3O2. The summed E-state index contributed by atoms with van der Waals surface area (Å²) < 4.78 is 0. The maximum absolute atomic E-state index is 11.9. The first-order chi connectivity index (χ1) is 13.7. The van der Waals surface area contributed by atoms with E-state index in [1.54, 1.807) is 0 Å². The van der Waals surface area contributed by atoms with Gasteiger partial charge in [-0.2, -0.15) is 0 Å². The molecule has 0 aromatic heterocycles. The van der Waals surface area contributed by atoms with Crippen molar-refractivity contribution in [2.24, 2.45) is 0 Å². The van der Waals surface area contributed by atoms with Gasteiger partial charge in [-0.1, -0.05) is 50.2 Å². The number of carbonyl (C=O) groups excluding carboxylic acids is 2. The maximum Gasteiger partial charge on any atom is 0.238 e. The topological polar surface area (TPSA) is 61.4 Å². The number of carbonyl (C=O) groups is 2. The summed E-state index contributed by atoms with van der Waals surface area (Å²) in [5, 5.41) is 5.80. The van der Waals surface area contributed by atoms with E-state index in [2.05, 4.69) is 29.4 Å². The number of aryl methyl sites for hydroxylation is 4. The lowest BCUT2D eigenvalue weighted by molar-refractivity contribution is -0.117. The van der Waals surface area contributed by atoms with Gasteiger partial charge in [-0.05, 0) is 63.0 Å². The molecule has 0 aliphatic carbocycles. The van der Waals surface area contributed by atoms with Gasteiger partial charge >= 0.3 is 0 Å². The third-order valence-corrected chi connectivity index (χ3v) is 4.79. The van der Waals surface area contributed by atoms with Gasteiger partial charge in [0.15, 0.2) is 0 Å². The number of nitrogens with one attached hydrogen (secondary N) is 2. The summed E-state index contributed by atoms with van der Waals surface area (Å²) in [6.45, 7) is 15.9. The molecule has 0 aliphatic rings. The Kier molecular flexibility index (Phi) is 10.1. The number of para-hydroxylation sites is 2. The van der Waals surface area contributed by atoms with Crippen molar-refractivity contribution in [3.63, 3.8) is 0 Å². The standard InChI is InChI=1S/C14H22N2O.C10H13NO/c1-5-16(6-2)10-13(17)15-14-11(3)8-7-9-12(14)4;1-7-5-4-6-8(2)10(7)11-9(3)12/h7-9H,5-6,10H2,1-4H3,(H,15,17);4-6H,1-3H3,(H,11,12). The van der Waals surface area contributed by atoms with Crippen LogP contribution in [0.2, 0.25) is 0 Å². The lowest BCUT2D eigenvalue weighted by Crippen LogP contribution is -2.33. The molecule has 2 N–H and O–H groups in total. The average molecular weight is 398 g/mol. The Hall–Kier alpha value is -2.66. The normalized spacial score (nSPS) is 10.2. The molecule has 5 nitrogen and oxygen atoms in total. The van der Waals surface area contributed by atoms with Crippen LogP contribution in [0.25, 0.3) is 0 Å². The number of hydrogen-bond acceptors (Lipinski definition) is 3. The Labute approximate surface area is 175 Å². The minimum Gasteiger partial charge on any atom is -0.326 e. The predicted molar refractivity (Wildman–Crippen MR) is 123 cm³/mol. The second-order valence-electron chi connectivity index (χ2n) is 7.22. The molecule has 158 valence electrons. The highest BCUT2D eigenvalue weighted by Gasteiger charge is 2.10. The minimum absolute atomic E-state index is 0.0209. The molecule has 2 aromatic rings. The van der Waals surface area contributed by atoms with Crippen molar-refractivity contribution in [1.82, 2.24) is 4.90 Å². The van der Waals surface area contributed by atoms with Crippen molar-refractivity contribution in [1.29, 1.82) is 0 Å². The van der Waals surface area contributed by atoms with Gasteiger partial charge in [-0.15, -0.1) is 0 Å². The Morgan fingerprint density at radius 3 is 1.48 bits per heavy atom. The van der Waals surface area contributed by atoms with Crippen LogP contribution >= 0.6 is 0 Å². The maximum atomic E-state index is 11.9. The molecule has 2 rings (SSSR count). The molecule has 0 unspecified atom stereocenters. The lowest BCUT2D eigenvalue weighted by atomic mass is 10.1. The predicted octanol–water partition coefficient (Wildman–Crippen LogP) is 4.85. The summed E-state index contributed by atoms with van der Waals surface area (Å²) in [7, 11) is 0. The average Bonchev–Trinajstić information content (AvgIpc) is 2.66. The van der Waals surface area contributed by atoms with Crippen LogP contribution in [-0.2, 0) is 9.59 Å². The van der Waals surface area contributed by atoms with E-state index in [0.29, 0.717) is 6.54 Å². The molecule has 0 saturated carbocycles. The molecule has 29 heavy (non-hydrogen) atoms. The van der Waals surface area contributed by atoms with Crippen molar-refractivity contribution in [3.05, 3.63) is 58.7 Å². The van der Waals surface area contributed by atoms with E-state index in [1.807, 2.05) is 64.1 Å². The van der Waals surface area contributed by atoms with Gasteiger partial charge in [-0.3, -0.25) is 14.5 Å². The molecule has 0 bridgehead atoms. The third-order valence-electron chi connectivity index (χ3n) is 4.79. The molecule has 0 radical (unpaired) electrons. The Morgan fingerprint density at radius 2 is 1.14 bits per heavy atom. The molecule has 2 amide bonds. The van der Waals surface area contributed by atoms with Crippen LogP contribution in [0.5, 0.6) is 0 Å². The van der Waals surface area contributed by atoms with Crippen LogP contribution < -0.4 is 10.6 Å². The van der Waals surface area contributed by atoms with E-state index in [4.69, 9.17) is 0 Å². The van der Waals surface area contributed by atoms with Crippen LogP contribution in [0.15, 0.2) is 36.4 Å². The number of amides is 2. The molecule has 0 heterocycles. The number of anilines is 2. The highest BCUT2D eigenvalue weighted by atomic mass is 16.2. The molecule has 0 saturated heterocycles. The second-order valence-corrected chi connectivity index (χ2v) is 7.22. The molecular weight excluding hydrogens is 362 g/mol. The van der Waals surface area contributed by atoms with E-state index in [1.165, 1.54) is 6.92 Å². The smallest absolute Gasteiger partial charge is 0.238 e. The summed E-state index contributed by atoms with van der Waals surface area (Å²) in [6, 6.07) is 12.0. The Bertz CT molecular complexity index is 786. The molecule has 5 heteroatoms. The highest BCUT2D eigenvalue weighted by molar-refractivity contribution is 5.93. The van der Waals surface area contributed by atoms with Gasteiger partial charge in [0, 0.05) is 18.3 Å². The molecule has 0 fully saturated rings. The van der Waals surface area contributed by atoms with E-state index >= 15 is 0 Å². The van der Waals surface area contributed by atoms with E-state index in [0.717, 1.165) is 46.7 Å². The van der Waals surface area contributed by atoms with Crippen molar-refractivity contribution >= 4 is 23.2 Å². The fourth-order valence-corrected chi connectivity index (χ4v) is 3.03. The van der Waals surface area contributed by atoms with Gasteiger partial charge in [0.25, 0.3) is 0 Å². The second kappa shape index (κ2) is 12.0. The summed E-state index contributed by atoms with van der Waals surface area (Å²) in [6.07, 6.45) is 0. The Balaban J connectivity index is 0.000000308. The van der Waals surface area contributed by atoms with E-state index < -0.39 is 0 Å². The first-order valence-corrected chi connectivity index (χ1v) is 10.1. The Morgan fingerprint density at radius 1 is 0.759 bits per heavy atom. The zero-order chi connectivity index (χ0) is 22.0. The van der Waals surface area contributed by atoms with Crippen LogP contribution in [0.1, 0.15) is 43.0 Å². The van der Waals surface area contributed by atoms with Crippen LogP contribution in [-0.4, -0.2) is 36.3 Å². The zero-order valence-corrected chi connectivity index (χ0v) is 18.8. The first-order valence-electron chi connectivity index (χ1n) is 10.1. The van der Waals surface area contributed by atoms with E-state index in [9.17, 15) is 9.59 Å². The van der Waals surface area contributed by atoms with Crippen molar-refractivity contribution in [3.8, 4) is 0 Å². The lowest BCUT2D eigenvalue weighted by Gasteiger charge is -2.18. The van der Waals surface area contributed by atoms with Gasteiger partial charge < -0.3 is 10.6 Å². The summed E-state index contributed by atoms with van der Waals surface area (Å²) in [5.41, 5.74) is 6.31. The van der Waals surface area contributed by atoms with Crippen molar-refractivity contribution in [2.75, 3.05) is 30.3 Å². The number of rotatable bonds is 6. The third kappa shape index (κ3) is 8.08. The SMILES string of the molecule is CC(=O)Nc1c(C)cccc1C.CCN(CC)CC(=O)Nc1c(C)cccc1C.